The molecule has 0 spiro atoms. The molecule has 0 radical (unpaired) electrons. The minimum Gasteiger partial charge on any atom is -0.316 e. The van der Waals surface area contributed by atoms with Crippen molar-refractivity contribution >= 4 is 12.4 Å². The van der Waals surface area contributed by atoms with Crippen molar-refractivity contribution in [2.45, 2.75) is 19.8 Å². The zero-order valence-corrected chi connectivity index (χ0v) is 6.13. The average Bonchev–Trinajstić information content (AvgIpc) is 2.14. The van der Waals surface area contributed by atoms with Crippen molar-refractivity contribution in [2.75, 3.05) is 13.1 Å². The van der Waals surface area contributed by atoms with Crippen LogP contribution < -0.4 is 5.32 Å². The van der Waals surface area contributed by atoms with Crippen LogP contribution >= 0.6 is 12.4 Å². The zero-order chi connectivity index (χ0) is 5.11. The van der Waals surface area contributed by atoms with Gasteiger partial charge in [0.25, 0.3) is 0 Å². The predicted molar refractivity (Wildman–Crippen MR) is 38.5 cm³/mol. The monoisotopic (exact) mass is 135 g/mol. The summed E-state index contributed by atoms with van der Waals surface area (Å²) in [6.07, 6.45) is 2.75. The molecule has 1 heterocycles. The van der Waals surface area contributed by atoms with Crippen molar-refractivity contribution in [3.63, 3.8) is 0 Å². The lowest BCUT2D eigenvalue weighted by atomic mass is 10.1. The standard InChI is InChI=1S/C6H13N.ClH/c1-2-6-3-4-7-5-6;/h6-7H,2-5H2,1H3;1H. The van der Waals surface area contributed by atoms with Gasteiger partial charge in [-0.25, -0.2) is 0 Å². The normalized spacial score (nSPS) is 27.4. The summed E-state index contributed by atoms with van der Waals surface area (Å²) in [7, 11) is 0. The maximum absolute atomic E-state index is 3.32. The number of rotatable bonds is 1. The third kappa shape index (κ3) is 2.01. The fourth-order valence-corrected chi connectivity index (χ4v) is 1.06. The van der Waals surface area contributed by atoms with Crippen molar-refractivity contribution < 1.29 is 0 Å². The zero-order valence-electron chi connectivity index (χ0n) is 5.31. The van der Waals surface area contributed by atoms with E-state index in [1.54, 1.807) is 0 Å². The van der Waals surface area contributed by atoms with Gasteiger partial charge < -0.3 is 5.32 Å². The minimum atomic E-state index is 0. The fourth-order valence-electron chi connectivity index (χ4n) is 1.06. The van der Waals surface area contributed by atoms with Gasteiger partial charge in [0.05, 0.1) is 0 Å². The molecular formula is C6H14ClN. The topological polar surface area (TPSA) is 12.0 Å². The van der Waals surface area contributed by atoms with E-state index < -0.39 is 0 Å². The quantitative estimate of drug-likeness (QED) is 0.574. The maximum Gasteiger partial charge on any atom is -0.00201 e. The summed E-state index contributed by atoms with van der Waals surface area (Å²) in [6, 6.07) is 0. The smallest absolute Gasteiger partial charge is 0.00201 e. The third-order valence-corrected chi connectivity index (χ3v) is 1.74. The first kappa shape index (κ1) is 8.25. The third-order valence-electron chi connectivity index (χ3n) is 1.74. The van der Waals surface area contributed by atoms with Gasteiger partial charge in [-0.2, -0.15) is 0 Å². The molecule has 1 aliphatic rings. The van der Waals surface area contributed by atoms with E-state index in [4.69, 9.17) is 0 Å². The first-order valence-corrected chi connectivity index (χ1v) is 3.14. The second kappa shape index (κ2) is 4.16. The highest BCUT2D eigenvalue weighted by Crippen LogP contribution is 2.09. The highest BCUT2D eigenvalue weighted by atomic mass is 35.5. The Labute approximate surface area is 57.3 Å². The van der Waals surface area contributed by atoms with E-state index in [1.807, 2.05) is 0 Å². The van der Waals surface area contributed by atoms with Gasteiger partial charge in [-0.3, -0.25) is 0 Å². The summed E-state index contributed by atoms with van der Waals surface area (Å²) in [4.78, 5) is 0. The lowest BCUT2D eigenvalue weighted by Gasteiger charge is -1.98. The second-order valence-corrected chi connectivity index (χ2v) is 2.27. The van der Waals surface area contributed by atoms with E-state index in [0.29, 0.717) is 0 Å². The maximum atomic E-state index is 3.32. The van der Waals surface area contributed by atoms with Crippen LogP contribution in [-0.2, 0) is 0 Å². The summed E-state index contributed by atoms with van der Waals surface area (Å²) < 4.78 is 0. The van der Waals surface area contributed by atoms with Gasteiger partial charge in [0, 0.05) is 0 Å². The van der Waals surface area contributed by atoms with Gasteiger partial charge in [0.2, 0.25) is 0 Å². The lowest BCUT2D eigenvalue weighted by molar-refractivity contribution is 0.563. The number of hydrogen-bond donors (Lipinski definition) is 1. The van der Waals surface area contributed by atoms with Crippen LogP contribution in [-0.4, -0.2) is 13.1 Å². The molecule has 1 unspecified atom stereocenters. The van der Waals surface area contributed by atoms with Crippen molar-refractivity contribution in [1.29, 1.82) is 0 Å². The predicted octanol–water partition coefficient (Wildman–Crippen LogP) is 1.43. The Morgan fingerprint density at radius 2 is 2.38 bits per heavy atom. The van der Waals surface area contributed by atoms with Crippen LogP contribution in [0.4, 0.5) is 0 Å². The van der Waals surface area contributed by atoms with Crippen LogP contribution in [0.15, 0.2) is 0 Å². The summed E-state index contributed by atoms with van der Waals surface area (Å²) in [6.45, 7) is 4.77. The van der Waals surface area contributed by atoms with Gasteiger partial charge in [-0.1, -0.05) is 13.3 Å². The van der Waals surface area contributed by atoms with Gasteiger partial charge >= 0.3 is 0 Å². The van der Waals surface area contributed by atoms with Crippen LogP contribution in [0.2, 0.25) is 0 Å². The van der Waals surface area contributed by atoms with E-state index >= 15 is 0 Å². The Balaban J connectivity index is 0.000000490. The van der Waals surface area contributed by atoms with Gasteiger partial charge in [-0.05, 0) is 25.4 Å². The molecule has 2 heteroatoms. The minimum absolute atomic E-state index is 0. The summed E-state index contributed by atoms with van der Waals surface area (Å²) in [5, 5.41) is 3.32. The molecule has 0 amide bonds. The molecule has 1 atom stereocenters. The summed E-state index contributed by atoms with van der Waals surface area (Å²) in [5.41, 5.74) is 0. The average molecular weight is 136 g/mol. The van der Waals surface area contributed by atoms with Crippen LogP contribution in [0, 0.1) is 5.92 Å². The molecule has 0 aromatic heterocycles. The summed E-state index contributed by atoms with van der Waals surface area (Å²) >= 11 is 0. The van der Waals surface area contributed by atoms with E-state index in [9.17, 15) is 0 Å². The van der Waals surface area contributed by atoms with E-state index in [1.165, 1.54) is 25.9 Å². The number of hydrogen-bond acceptors (Lipinski definition) is 1. The first-order chi connectivity index (χ1) is 3.43. The van der Waals surface area contributed by atoms with Crippen LogP contribution in [0.1, 0.15) is 19.8 Å². The van der Waals surface area contributed by atoms with Gasteiger partial charge in [0.15, 0.2) is 0 Å². The Morgan fingerprint density at radius 3 is 2.62 bits per heavy atom. The van der Waals surface area contributed by atoms with E-state index in [-0.39, 0.29) is 12.4 Å². The Morgan fingerprint density at radius 1 is 1.62 bits per heavy atom. The molecule has 0 bridgehead atoms. The molecule has 1 fully saturated rings. The highest BCUT2D eigenvalue weighted by molar-refractivity contribution is 5.85. The molecule has 0 saturated carbocycles. The molecule has 1 saturated heterocycles. The van der Waals surface area contributed by atoms with Crippen molar-refractivity contribution in [1.82, 2.24) is 5.32 Å². The fraction of sp³-hybridized carbons (Fsp3) is 1.00. The number of halogens is 1. The largest absolute Gasteiger partial charge is 0.316 e. The molecule has 0 aromatic rings. The van der Waals surface area contributed by atoms with Crippen LogP contribution in [0.25, 0.3) is 0 Å². The van der Waals surface area contributed by atoms with E-state index in [2.05, 4.69) is 12.2 Å². The molecule has 8 heavy (non-hydrogen) atoms. The first-order valence-electron chi connectivity index (χ1n) is 3.14. The second-order valence-electron chi connectivity index (χ2n) is 2.27. The summed E-state index contributed by atoms with van der Waals surface area (Å²) in [5.74, 6) is 0.986. The molecular weight excluding hydrogens is 122 g/mol. The molecule has 1 aliphatic heterocycles. The molecule has 0 aliphatic carbocycles. The Hall–Kier alpha value is 0.250. The van der Waals surface area contributed by atoms with Gasteiger partial charge in [0.1, 0.15) is 0 Å². The van der Waals surface area contributed by atoms with Crippen LogP contribution in [0.3, 0.4) is 0 Å². The molecule has 1 N–H and O–H groups in total. The molecule has 1 nitrogen and oxygen atoms in total. The Bertz CT molecular complexity index is 50.5. The SMILES string of the molecule is CCC1CCNC1.Cl. The van der Waals surface area contributed by atoms with Gasteiger partial charge in [-0.15, -0.1) is 12.4 Å². The molecule has 50 valence electrons. The van der Waals surface area contributed by atoms with Crippen molar-refractivity contribution in [2.24, 2.45) is 5.92 Å². The molecule has 0 aromatic carbocycles. The number of nitrogens with one attached hydrogen (secondary N) is 1. The molecule has 1 rings (SSSR count). The lowest BCUT2D eigenvalue weighted by Crippen LogP contribution is -2.07. The Kier molecular flexibility index (Phi) is 4.29. The highest BCUT2D eigenvalue weighted by Gasteiger charge is 2.10. The van der Waals surface area contributed by atoms with E-state index in [0.717, 1.165) is 5.92 Å². The van der Waals surface area contributed by atoms with Crippen LogP contribution in [0.5, 0.6) is 0 Å². The van der Waals surface area contributed by atoms with Crippen molar-refractivity contribution in [3.8, 4) is 0 Å². The van der Waals surface area contributed by atoms with Crippen molar-refractivity contribution in [3.05, 3.63) is 0 Å².